The average molecular weight is 294 g/mol. The predicted octanol–water partition coefficient (Wildman–Crippen LogP) is 1.77. The monoisotopic (exact) mass is 294 g/mol. The highest BCUT2D eigenvalue weighted by Gasteiger charge is 2.30. The molecule has 0 unspecified atom stereocenters. The zero-order valence-corrected chi connectivity index (χ0v) is 12.6. The Labute approximate surface area is 124 Å². The Kier molecular flexibility index (Phi) is 4.75. The predicted molar refractivity (Wildman–Crippen MR) is 80.2 cm³/mol. The molecule has 3 rings (SSSR count). The first-order valence-electron chi connectivity index (χ1n) is 7.35. The third-order valence-corrected chi connectivity index (χ3v) is 4.69. The van der Waals surface area contributed by atoms with Crippen LogP contribution in [0.3, 0.4) is 0 Å². The van der Waals surface area contributed by atoms with Gasteiger partial charge >= 0.3 is 0 Å². The Balaban J connectivity index is 1.54. The maximum Gasteiger partial charge on any atom is 0.191 e. The Morgan fingerprint density at radius 1 is 1.30 bits per heavy atom. The van der Waals surface area contributed by atoms with Crippen LogP contribution in [0.2, 0.25) is 0 Å². The van der Waals surface area contributed by atoms with E-state index in [9.17, 15) is 0 Å². The van der Waals surface area contributed by atoms with Gasteiger partial charge in [0.25, 0.3) is 0 Å². The number of aromatic nitrogens is 3. The molecule has 0 aromatic carbocycles. The lowest BCUT2D eigenvalue weighted by molar-refractivity contribution is 0.0410. The van der Waals surface area contributed by atoms with Gasteiger partial charge in [-0.2, -0.15) is 0 Å². The first-order chi connectivity index (χ1) is 9.88. The summed E-state index contributed by atoms with van der Waals surface area (Å²) in [5.74, 6) is 2.84. The SMILES string of the molecule is C=CCn1c(SCCN2CCOCC2)nnc1C1CC1. The molecule has 6 heteroatoms. The molecular formula is C14H22N4OS. The number of hydrogen-bond acceptors (Lipinski definition) is 5. The molecule has 0 amide bonds. The average Bonchev–Trinajstić information content (AvgIpc) is 3.25. The van der Waals surface area contributed by atoms with E-state index in [-0.39, 0.29) is 0 Å². The molecule has 0 radical (unpaired) electrons. The first kappa shape index (κ1) is 14.1. The Morgan fingerprint density at radius 3 is 2.80 bits per heavy atom. The van der Waals surface area contributed by atoms with Crippen molar-refractivity contribution in [3.8, 4) is 0 Å². The van der Waals surface area contributed by atoms with Crippen molar-refractivity contribution in [2.24, 2.45) is 0 Å². The highest BCUT2D eigenvalue weighted by molar-refractivity contribution is 7.99. The number of morpholine rings is 1. The van der Waals surface area contributed by atoms with Crippen LogP contribution >= 0.6 is 11.8 Å². The number of ether oxygens (including phenoxy) is 1. The van der Waals surface area contributed by atoms with E-state index in [0.29, 0.717) is 5.92 Å². The van der Waals surface area contributed by atoms with Gasteiger partial charge in [-0.05, 0) is 12.8 Å². The largest absolute Gasteiger partial charge is 0.379 e. The van der Waals surface area contributed by atoms with Crippen LogP contribution in [0.25, 0.3) is 0 Å². The van der Waals surface area contributed by atoms with E-state index in [1.165, 1.54) is 12.8 Å². The fourth-order valence-electron chi connectivity index (χ4n) is 2.44. The molecule has 1 aliphatic heterocycles. The number of allylic oxidation sites excluding steroid dienone is 1. The lowest BCUT2D eigenvalue weighted by Gasteiger charge is -2.26. The smallest absolute Gasteiger partial charge is 0.191 e. The van der Waals surface area contributed by atoms with Crippen molar-refractivity contribution in [3.05, 3.63) is 18.5 Å². The van der Waals surface area contributed by atoms with Gasteiger partial charge in [-0.3, -0.25) is 4.90 Å². The molecule has 20 heavy (non-hydrogen) atoms. The zero-order chi connectivity index (χ0) is 13.8. The van der Waals surface area contributed by atoms with Gasteiger partial charge in [-0.15, -0.1) is 16.8 Å². The van der Waals surface area contributed by atoms with E-state index in [2.05, 4.69) is 26.2 Å². The second kappa shape index (κ2) is 6.74. The van der Waals surface area contributed by atoms with Crippen molar-refractivity contribution >= 4 is 11.8 Å². The standard InChI is InChI=1S/C14H22N4OS/c1-2-5-18-13(12-3-4-12)15-16-14(18)20-11-8-17-6-9-19-10-7-17/h2,12H,1,3-11H2. The number of hydrogen-bond donors (Lipinski definition) is 0. The second-order valence-corrected chi connectivity index (χ2v) is 6.38. The molecule has 2 aliphatic rings. The number of thioether (sulfide) groups is 1. The van der Waals surface area contributed by atoms with Gasteiger partial charge in [0.1, 0.15) is 5.82 Å². The Morgan fingerprint density at radius 2 is 2.10 bits per heavy atom. The van der Waals surface area contributed by atoms with Crippen LogP contribution in [0.15, 0.2) is 17.8 Å². The van der Waals surface area contributed by atoms with E-state index in [1.54, 1.807) is 11.8 Å². The molecule has 2 fully saturated rings. The van der Waals surface area contributed by atoms with Crippen LogP contribution in [-0.4, -0.2) is 58.3 Å². The molecule has 0 bridgehead atoms. The van der Waals surface area contributed by atoms with Gasteiger partial charge in [-0.25, -0.2) is 0 Å². The van der Waals surface area contributed by atoms with E-state index in [4.69, 9.17) is 4.74 Å². The van der Waals surface area contributed by atoms with Crippen LogP contribution in [0.1, 0.15) is 24.6 Å². The maximum atomic E-state index is 5.37. The van der Waals surface area contributed by atoms with Gasteiger partial charge in [-0.1, -0.05) is 17.8 Å². The van der Waals surface area contributed by atoms with Crippen molar-refractivity contribution in [3.63, 3.8) is 0 Å². The Hall–Kier alpha value is -0.850. The minimum absolute atomic E-state index is 0.635. The number of nitrogens with zero attached hydrogens (tertiary/aromatic N) is 4. The lowest BCUT2D eigenvalue weighted by Crippen LogP contribution is -2.37. The summed E-state index contributed by atoms with van der Waals surface area (Å²) in [6, 6.07) is 0. The molecule has 0 N–H and O–H groups in total. The van der Waals surface area contributed by atoms with Gasteiger partial charge in [0.15, 0.2) is 5.16 Å². The van der Waals surface area contributed by atoms with Crippen molar-refractivity contribution in [2.45, 2.75) is 30.5 Å². The quantitative estimate of drug-likeness (QED) is 0.566. The molecular weight excluding hydrogens is 272 g/mol. The zero-order valence-electron chi connectivity index (χ0n) is 11.8. The summed E-state index contributed by atoms with van der Waals surface area (Å²) in [6.07, 6.45) is 4.45. The molecule has 5 nitrogen and oxygen atoms in total. The van der Waals surface area contributed by atoms with Crippen LogP contribution in [0.5, 0.6) is 0 Å². The third-order valence-electron chi connectivity index (χ3n) is 3.74. The van der Waals surface area contributed by atoms with Crippen molar-refractivity contribution in [1.82, 2.24) is 19.7 Å². The fourth-order valence-corrected chi connectivity index (χ4v) is 3.40. The maximum absolute atomic E-state index is 5.37. The molecule has 1 saturated heterocycles. The van der Waals surface area contributed by atoms with E-state index in [0.717, 1.165) is 56.1 Å². The minimum Gasteiger partial charge on any atom is -0.379 e. The first-order valence-corrected chi connectivity index (χ1v) is 8.34. The van der Waals surface area contributed by atoms with Crippen molar-refractivity contribution in [2.75, 3.05) is 38.6 Å². The molecule has 1 saturated carbocycles. The van der Waals surface area contributed by atoms with Crippen molar-refractivity contribution < 1.29 is 4.74 Å². The van der Waals surface area contributed by atoms with E-state index in [1.807, 2.05) is 6.08 Å². The fraction of sp³-hybridized carbons (Fsp3) is 0.714. The number of rotatable bonds is 7. The molecule has 2 heterocycles. The topological polar surface area (TPSA) is 43.2 Å². The Bertz CT molecular complexity index is 452. The summed E-state index contributed by atoms with van der Waals surface area (Å²) in [5, 5.41) is 9.78. The van der Waals surface area contributed by atoms with Gasteiger partial charge in [0.2, 0.25) is 0 Å². The summed E-state index contributed by atoms with van der Waals surface area (Å²) >= 11 is 1.81. The highest BCUT2D eigenvalue weighted by atomic mass is 32.2. The van der Waals surface area contributed by atoms with Crippen LogP contribution in [-0.2, 0) is 11.3 Å². The molecule has 0 atom stereocenters. The molecule has 0 spiro atoms. The molecule has 1 aromatic heterocycles. The third kappa shape index (κ3) is 3.42. The van der Waals surface area contributed by atoms with Crippen LogP contribution in [0, 0.1) is 0 Å². The van der Waals surface area contributed by atoms with E-state index >= 15 is 0 Å². The lowest BCUT2D eigenvalue weighted by atomic mass is 10.4. The van der Waals surface area contributed by atoms with Crippen LogP contribution in [0.4, 0.5) is 0 Å². The normalized spacial score (nSPS) is 20.2. The molecule has 1 aliphatic carbocycles. The molecule has 1 aromatic rings. The summed E-state index contributed by atoms with van der Waals surface area (Å²) in [7, 11) is 0. The molecule has 110 valence electrons. The van der Waals surface area contributed by atoms with E-state index < -0.39 is 0 Å². The summed E-state index contributed by atoms with van der Waals surface area (Å²) in [5.41, 5.74) is 0. The highest BCUT2D eigenvalue weighted by Crippen LogP contribution is 2.40. The summed E-state index contributed by atoms with van der Waals surface area (Å²) in [4.78, 5) is 2.45. The van der Waals surface area contributed by atoms with Gasteiger partial charge in [0.05, 0.1) is 13.2 Å². The second-order valence-electron chi connectivity index (χ2n) is 5.32. The summed E-state index contributed by atoms with van der Waals surface area (Å²) < 4.78 is 7.60. The van der Waals surface area contributed by atoms with Gasteiger partial charge in [0, 0.05) is 37.8 Å². The summed E-state index contributed by atoms with van der Waals surface area (Å²) in [6.45, 7) is 9.58. The van der Waals surface area contributed by atoms with Crippen LogP contribution < -0.4 is 0 Å². The van der Waals surface area contributed by atoms with Gasteiger partial charge < -0.3 is 9.30 Å². The van der Waals surface area contributed by atoms with Crippen molar-refractivity contribution in [1.29, 1.82) is 0 Å². The minimum atomic E-state index is 0.635.